The van der Waals surface area contributed by atoms with Gasteiger partial charge in [0.2, 0.25) is 0 Å². The lowest BCUT2D eigenvalue weighted by molar-refractivity contribution is 0.536. The second-order valence-electron chi connectivity index (χ2n) is 4.14. The number of pyridine rings is 1. The Kier molecular flexibility index (Phi) is 2.01. The molecule has 1 aromatic carbocycles. The summed E-state index contributed by atoms with van der Waals surface area (Å²) < 4.78 is 0. The van der Waals surface area contributed by atoms with E-state index < -0.39 is 0 Å². The quantitative estimate of drug-likeness (QED) is 0.742. The van der Waals surface area contributed by atoms with E-state index in [4.69, 9.17) is 5.73 Å². The van der Waals surface area contributed by atoms with Crippen molar-refractivity contribution in [2.24, 2.45) is 5.73 Å². The van der Waals surface area contributed by atoms with Gasteiger partial charge >= 0.3 is 0 Å². The number of hydrogen-bond acceptors (Lipinski definition) is 2. The highest BCUT2D eigenvalue weighted by Gasteiger charge is 2.15. The van der Waals surface area contributed by atoms with Crippen molar-refractivity contribution in [2.75, 3.05) is 0 Å². The molecule has 2 rings (SSSR count). The predicted molar refractivity (Wildman–Crippen MR) is 59.0 cm³/mol. The normalized spacial score (nSPS) is 11.9. The average Bonchev–Trinajstić information content (AvgIpc) is 2.16. The number of aromatic nitrogens is 1. The Hall–Kier alpha value is -1.41. The van der Waals surface area contributed by atoms with Crippen LogP contribution in [0.25, 0.3) is 10.8 Å². The lowest BCUT2D eigenvalue weighted by Gasteiger charge is -2.17. The van der Waals surface area contributed by atoms with Gasteiger partial charge in [-0.05, 0) is 25.3 Å². The van der Waals surface area contributed by atoms with Gasteiger partial charge in [-0.2, -0.15) is 0 Å². The van der Waals surface area contributed by atoms with Crippen LogP contribution in [0.1, 0.15) is 19.5 Å². The van der Waals surface area contributed by atoms with Crippen LogP contribution in [-0.2, 0) is 5.54 Å². The van der Waals surface area contributed by atoms with Crippen LogP contribution in [0.3, 0.4) is 0 Å². The number of hydrogen-bond donors (Lipinski definition) is 1. The molecule has 0 spiro atoms. The van der Waals surface area contributed by atoms with Gasteiger partial charge in [0.1, 0.15) is 0 Å². The highest BCUT2D eigenvalue weighted by atomic mass is 14.8. The molecule has 0 amide bonds. The standard InChI is InChI=1S/C12H14N2/c1-12(2,13)11-7-9-5-3-4-6-10(9)8-14-11/h3-8H,13H2,1-2H3. The van der Waals surface area contributed by atoms with Crippen molar-refractivity contribution in [3.05, 3.63) is 42.2 Å². The van der Waals surface area contributed by atoms with Crippen LogP contribution in [0.5, 0.6) is 0 Å². The third-order valence-electron chi connectivity index (χ3n) is 2.29. The molecule has 2 aromatic rings. The number of rotatable bonds is 1. The number of fused-ring (bicyclic) bond motifs is 1. The molecule has 2 N–H and O–H groups in total. The van der Waals surface area contributed by atoms with Gasteiger partial charge < -0.3 is 5.73 Å². The van der Waals surface area contributed by atoms with Gasteiger partial charge in [0, 0.05) is 11.6 Å². The minimum absolute atomic E-state index is 0.371. The van der Waals surface area contributed by atoms with Gasteiger partial charge in [-0.1, -0.05) is 24.3 Å². The molecule has 2 heteroatoms. The summed E-state index contributed by atoms with van der Waals surface area (Å²) in [6, 6.07) is 10.2. The molecule has 72 valence electrons. The fourth-order valence-corrected chi connectivity index (χ4v) is 1.44. The van der Waals surface area contributed by atoms with Gasteiger partial charge in [-0.3, -0.25) is 4.98 Å². The lowest BCUT2D eigenvalue weighted by atomic mass is 10.00. The first-order valence-electron chi connectivity index (χ1n) is 4.71. The molecule has 0 unspecified atom stereocenters. The monoisotopic (exact) mass is 186 g/mol. The van der Waals surface area contributed by atoms with Gasteiger partial charge in [0.05, 0.1) is 11.2 Å². The second-order valence-corrected chi connectivity index (χ2v) is 4.14. The maximum absolute atomic E-state index is 5.99. The average molecular weight is 186 g/mol. The first-order chi connectivity index (χ1) is 6.57. The van der Waals surface area contributed by atoms with Crippen LogP contribution in [0.4, 0.5) is 0 Å². The summed E-state index contributed by atoms with van der Waals surface area (Å²) >= 11 is 0. The summed E-state index contributed by atoms with van der Waals surface area (Å²) in [7, 11) is 0. The summed E-state index contributed by atoms with van der Waals surface area (Å²) in [6.45, 7) is 3.92. The third kappa shape index (κ3) is 1.61. The molecular weight excluding hydrogens is 172 g/mol. The van der Waals surface area contributed by atoms with Crippen molar-refractivity contribution in [2.45, 2.75) is 19.4 Å². The van der Waals surface area contributed by atoms with Crippen LogP contribution in [0.15, 0.2) is 36.5 Å². The van der Waals surface area contributed by atoms with E-state index in [9.17, 15) is 0 Å². The molecule has 0 atom stereocenters. The van der Waals surface area contributed by atoms with Crippen LogP contribution in [0.2, 0.25) is 0 Å². The maximum Gasteiger partial charge on any atom is 0.0603 e. The van der Waals surface area contributed by atoms with Crippen molar-refractivity contribution < 1.29 is 0 Å². The minimum atomic E-state index is -0.371. The molecular formula is C12H14N2. The summed E-state index contributed by atoms with van der Waals surface area (Å²) in [6.07, 6.45) is 1.87. The third-order valence-corrected chi connectivity index (χ3v) is 2.29. The fraction of sp³-hybridized carbons (Fsp3) is 0.250. The molecule has 0 fully saturated rings. The SMILES string of the molecule is CC(C)(N)c1cc2ccccc2cn1. The van der Waals surface area contributed by atoms with Crippen molar-refractivity contribution in [1.82, 2.24) is 4.98 Å². The molecule has 1 aromatic heterocycles. The Labute approximate surface area is 83.8 Å². The highest BCUT2D eigenvalue weighted by Crippen LogP contribution is 2.19. The zero-order chi connectivity index (χ0) is 10.2. The Morgan fingerprint density at radius 3 is 2.43 bits per heavy atom. The van der Waals surface area contributed by atoms with Crippen molar-refractivity contribution in [3.63, 3.8) is 0 Å². The van der Waals surface area contributed by atoms with E-state index in [1.54, 1.807) is 0 Å². The molecule has 0 radical (unpaired) electrons. The Morgan fingerprint density at radius 2 is 1.79 bits per heavy atom. The molecule has 0 aliphatic heterocycles. The van der Waals surface area contributed by atoms with E-state index >= 15 is 0 Å². The number of benzene rings is 1. The highest BCUT2D eigenvalue weighted by molar-refractivity contribution is 5.81. The van der Waals surface area contributed by atoms with E-state index in [0.717, 1.165) is 11.1 Å². The molecule has 14 heavy (non-hydrogen) atoms. The maximum atomic E-state index is 5.99. The Balaban J connectivity index is 2.63. The van der Waals surface area contributed by atoms with E-state index in [2.05, 4.69) is 23.2 Å². The number of nitrogens with zero attached hydrogens (tertiary/aromatic N) is 1. The van der Waals surface area contributed by atoms with Crippen LogP contribution < -0.4 is 5.73 Å². The van der Waals surface area contributed by atoms with Gasteiger partial charge in [0.25, 0.3) is 0 Å². The zero-order valence-electron chi connectivity index (χ0n) is 8.49. The van der Waals surface area contributed by atoms with Crippen LogP contribution in [-0.4, -0.2) is 4.98 Å². The second kappa shape index (κ2) is 3.07. The summed E-state index contributed by atoms with van der Waals surface area (Å²) in [5.41, 5.74) is 6.54. The molecule has 1 heterocycles. The van der Waals surface area contributed by atoms with Crippen molar-refractivity contribution >= 4 is 10.8 Å². The molecule has 0 aliphatic rings. The van der Waals surface area contributed by atoms with Crippen molar-refractivity contribution in [3.8, 4) is 0 Å². The van der Waals surface area contributed by atoms with Gasteiger partial charge in [-0.25, -0.2) is 0 Å². The van der Waals surface area contributed by atoms with Crippen LogP contribution in [0, 0.1) is 0 Å². The van der Waals surface area contributed by atoms with E-state index in [1.165, 1.54) is 5.39 Å². The van der Waals surface area contributed by atoms with Crippen LogP contribution >= 0.6 is 0 Å². The molecule has 0 aliphatic carbocycles. The predicted octanol–water partition coefficient (Wildman–Crippen LogP) is 2.43. The first kappa shape index (κ1) is 9.16. The summed E-state index contributed by atoms with van der Waals surface area (Å²) in [4.78, 5) is 4.35. The summed E-state index contributed by atoms with van der Waals surface area (Å²) in [5, 5.41) is 2.34. The first-order valence-corrected chi connectivity index (χ1v) is 4.71. The molecule has 2 nitrogen and oxygen atoms in total. The van der Waals surface area contributed by atoms with E-state index in [0.29, 0.717) is 0 Å². The molecule has 0 saturated carbocycles. The zero-order valence-corrected chi connectivity index (χ0v) is 8.49. The lowest BCUT2D eigenvalue weighted by Crippen LogP contribution is -2.29. The van der Waals surface area contributed by atoms with E-state index in [-0.39, 0.29) is 5.54 Å². The minimum Gasteiger partial charge on any atom is -0.321 e. The summed E-state index contributed by atoms with van der Waals surface area (Å²) in [5.74, 6) is 0. The Morgan fingerprint density at radius 1 is 1.14 bits per heavy atom. The largest absolute Gasteiger partial charge is 0.321 e. The smallest absolute Gasteiger partial charge is 0.0603 e. The molecule has 0 saturated heterocycles. The van der Waals surface area contributed by atoms with Crippen molar-refractivity contribution in [1.29, 1.82) is 0 Å². The topological polar surface area (TPSA) is 38.9 Å². The van der Waals surface area contributed by atoms with E-state index in [1.807, 2.05) is 32.2 Å². The Bertz CT molecular complexity index is 455. The fourth-order valence-electron chi connectivity index (χ4n) is 1.44. The van der Waals surface area contributed by atoms with Gasteiger partial charge in [0.15, 0.2) is 0 Å². The van der Waals surface area contributed by atoms with Gasteiger partial charge in [-0.15, -0.1) is 0 Å². The molecule has 0 bridgehead atoms. The number of nitrogens with two attached hydrogens (primary N) is 1.